The van der Waals surface area contributed by atoms with Crippen LogP contribution in [0.25, 0.3) is 0 Å². The van der Waals surface area contributed by atoms with Crippen LogP contribution in [0.1, 0.15) is 50.3 Å². The highest BCUT2D eigenvalue weighted by Gasteiger charge is 2.72. The van der Waals surface area contributed by atoms with Gasteiger partial charge in [-0.1, -0.05) is 105 Å². The lowest BCUT2D eigenvalue weighted by Crippen LogP contribution is -2.59. The number of nitrogens with zero attached hydrogens (tertiary/aromatic N) is 2. The molecule has 0 aromatic heterocycles. The molecule has 2 aromatic carbocycles. The van der Waals surface area contributed by atoms with Gasteiger partial charge in [-0.2, -0.15) is 0 Å². The zero-order valence-electron chi connectivity index (χ0n) is 26.9. The van der Waals surface area contributed by atoms with Crippen LogP contribution in [0.3, 0.4) is 0 Å². The summed E-state index contributed by atoms with van der Waals surface area (Å²) >= 11 is 0. The molecule has 4 heterocycles. The Bertz CT molecular complexity index is 1530. The van der Waals surface area contributed by atoms with E-state index in [0.29, 0.717) is 25.9 Å². The molecule has 10 heteroatoms. The lowest BCUT2D eigenvalue weighted by atomic mass is 9.77. The quantitative estimate of drug-likeness (QED) is 0.351. The average molecular weight is 642 g/mol. The molecule has 248 valence electrons. The van der Waals surface area contributed by atoms with E-state index in [1.54, 1.807) is 17.1 Å². The fourth-order valence-electron chi connectivity index (χ4n) is 7.54. The van der Waals surface area contributed by atoms with E-state index in [2.05, 4.69) is 5.32 Å². The number of carbonyl (C=O) groups excluding carboxylic acids is 4. The molecular weight excluding hydrogens is 598 g/mol. The summed E-state index contributed by atoms with van der Waals surface area (Å²) in [6.45, 7) is 4.16. The van der Waals surface area contributed by atoms with Gasteiger partial charge in [0, 0.05) is 19.5 Å². The van der Waals surface area contributed by atoms with Crippen LogP contribution in [-0.4, -0.2) is 82.1 Å². The number of esters is 1. The maximum Gasteiger partial charge on any atom is 0.306 e. The molecule has 4 aliphatic rings. The number of amides is 3. The number of fused-ring (bicyclic) bond motifs is 2. The van der Waals surface area contributed by atoms with Crippen LogP contribution < -0.4 is 5.32 Å². The van der Waals surface area contributed by atoms with Crippen LogP contribution in [0.4, 0.5) is 0 Å². The Hall–Kier alpha value is -4.28. The van der Waals surface area contributed by atoms with Gasteiger partial charge >= 0.3 is 5.97 Å². The van der Waals surface area contributed by atoms with Gasteiger partial charge in [0.2, 0.25) is 17.7 Å². The van der Waals surface area contributed by atoms with Crippen molar-refractivity contribution in [3.8, 4) is 0 Å². The number of aliphatic hydroxyl groups excluding tert-OH is 1. The van der Waals surface area contributed by atoms with E-state index in [1.165, 1.54) is 4.90 Å². The predicted molar refractivity (Wildman–Crippen MR) is 173 cm³/mol. The Morgan fingerprint density at radius 1 is 1.00 bits per heavy atom. The second kappa shape index (κ2) is 13.8. The number of likely N-dealkylation sites (tertiary alicyclic amines) is 1. The van der Waals surface area contributed by atoms with Gasteiger partial charge in [0.1, 0.15) is 18.2 Å². The number of benzene rings is 2. The van der Waals surface area contributed by atoms with Crippen LogP contribution >= 0.6 is 0 Å². The van der Waals surface area contributed by atoms with E-state index in [4.69, 9.17) is 9.47 Å². The first-order valence-corrected chi connectivity index (χ1v) is 16.6. The number of hydrogen-bond acceptors (Lipinski definition) is 7. The molecule has 1 spiro atoms. The lowest BCUT2D eigenvalue weighted by molar-refractivity contribution is -0.152. The van der Waals surface area contributed by atoms with Gasteiger partial charge in [0.25, 0.3) is 0 Å². The third-order valence-corrected chi connectivity index (χ3v) is 10.1. The number of hydrogen-bond donors (Lipinski definition) is 2. The maximum absolute atomic E-state index is 14.8. The van der Waals surface area contributed by atoms with E-state index in [0.717, 1.165) is 11.1 Å². The highest BCUT2D eigenvalue weighted by atomic mass is 16.5. The summed E-state index contributed by atoms with van der Waals surface area (Å²) in [5.74, 6) is -3.64. The molecule has 0 saturated carbocycles. The van der Waals surface area contributed by atoms with Crippen molar-refractivity contribution in [2.45, 2.75) is 69.5 Å². The summed E-state index contributed by atoms with van der Waals surface area (Å²) in [6, 6.07) is 16.5. The standard InChI is InChI=1S/C37H43N3O7/c1-3-24(2)28(22-41)40-33-36(45)39(21-25-13-6-4-7-14-25)20-12-19-37(33)32(35(40)44)31-29(47-37)17-10-11-18-30(42)46-23-27(38-34(31)43)26-15-8-5-9-16-26/h4-10,12-17,19,24,27-29,31-33,41H,3,11,18,20-23H2,1-2H3,(H,38,43)/b17-10-/t24-,27-,28-,29+,31-,32-,33+,37-/m0/s1. The fourth-order valence-corrected chi connectivity index (χ4v) is 7.54. The lowest BCUT2D eigenvalue weighted by Gasteiger charge is -2.40. The first kappa shape index (κ1) is 32.7. The van der Waals surface area contributed by atoms with Gasteiger partial charge in [-0.25, -0.2) is 0 Å². The molecule has 8 atom stereocenters. The summed E-state index contributed by atoms with van der Waals surface area (Å²) in [5, 5.41) is 13.7. The topological polar surface area (TPSA) is 125 Å². The molecule has 4 aliphatic heterocycles. The monoisotopic (exact) mass is 641 g/mol. The molecular formula is C37H43N3O7. The summed E-state index contributed by atoms with van der Waals surface area (Å²) in [6.07, 6.45) is 7.52. The average Bonchev–Trinajstić information content (AvgIpc) is 3.48. The molecule has 10 nitrogen and oxygen atoms in total. The number of ether oxygens (including phenoxy) is 2. The minimum absolute atomic E-state index is 0.0670. The molecule has 2 aromatic rings. The number of nitrogens with one attached hydrogen (secondary N) is 1. The van der Waals surface area contributed by atoms with E-state index in [9.17, 15) is 24.3 Å². The molecule has 3 amide bonds. The number of cyclic esters (lactones) is 1. The van der Waals surface area contributed by atoms with Crippen LogP contribution in [0.2, 0.25) is 0 Å². The van der Waals surface area contributed by atoms with Crippen LogP contribution in [-0.2, 0) is 35.2 Å². The minimum Gasteiger partial charge on any atom is -0.463 e. The third-order valence-electron chi connectivity index (χ3n) is 10.1. The van der Waals surface area contributed by atoms with E-state index in [1.807, 2.05) is 86.7 Å². The Morgan fingerprint density at radius 2 is 1.72 bits per heavy atom. The molecule has 0 bridgehead atoms. The smallest absolute Gasteiger partial charge is 0.306 e. The highest BCUT2D eigenvalue weighted by molar-refractivity contribution is 6.00. The van der Waals surface area contributed by atoms with Gasteiger partial charge < -0.3 is 29.7 Å². The van der Waals surface area contributed by atoms with Crippen molar-refractivity contribution in [3.63, 3.8) is 0 Å². The number of carbonyl (C=O) groups is 4. The molecule has 2 fully saturated rings. The van der Waals surface area contributed by atoms with Crippen molar-refractivity contribution in [2.75, 3.05) is 19.8 Å². The van der Waals surface area contributed by atoms with Crippen molar-refractivity contribution in [3.05, 3.63) is 96.1 Å². The van der Waals surface area contributed by atoms with Crippen LogP contribution in [0, 0.1) is 17.8 Å². The molecule has 2 N–H and O–H groups in total. The molecule has 6 rings (SSSR count). The van der Waals surface area contributed by atoms with Gasteiger partial charge in [0.15, 0.2) is 0 Å². The zero-order valence-corrected chi connectivity index (χ0v) is 26.9. The SMILES string of the molecule is CC[C@H](C)[C@H](CO)N1C(=O)[C@@H]2[C@H]3C(=O)N[C@H](c4ccccc4)COC(=O)CC/C=C\[C@H]3O[C@@]23C=CCN(Cc2ccccc2)C(=O)[C@@H]13. The molecule has 0 radical (unpaired) electrons. The Morgan fingerprint density at radius 3 is 2.43 bits per heavy atom. The zero-order chi connectivity index (χ0) is 33.1. The largest absolute Gasteiger partial charge is 0.463 e. The van der Waals surface area contributed by atoms with Gasteiger partial charge in [0.05, 0.1) is 36.6 Å². The molecule has 0 aliphatic carbocycles. The Balaban J connectivity index is 1.44. The molecule has 2 saturated heterocycles. The van der Waals surface area contributed by atoms with Crippen LogP contribution in [0.5, 0.6) is 0 Å². The van der Waals surface area contributed by atoms with Gasteiger partial charge in [-0.3, -0.25) is 19.2 Å². The van der Waals surface area contributed by atoms with E-state index >= 15 is 0 Å². The third kappa shape index (κ3) is 6.12. The summed E-state index contributed by atoms with van der Waals surface area (Å²) in [4.78, 5) is 59.7. The number of rotatable bonds is 7. The van der Waals surface area contributed by atoms with Crippen molar-refractivity contribution >= 4 is 23.7 Å². The van der Waals surface area contributed by atoms with Crippen molar-refractivity contribution in [1.29, 1.82) is 0 Å². The summed E-state index contributed by atoms with van der Waals surface area (Å²) < 4.78 is 12.4. The van der Waals surface area contributed by atoms with E-state index < -0.39 is 47.6 Å². The molecule has 47 heavy (non-hydrogen) atoms. The normalized spacial score (nSPS) is 31.3. The van der Waals surface area contributed by atoms with E-state index in [-0.39, 0.29) is 43.3 Å². The second-order valence-corrected chi connectivity index (χ2v) is 13.0. The number of allylic oxidation sites excluding steroid dienone is 1. The van der Waals surface area contributed by atoms with Crippen molar-refractivity contribution in [1.82, 2.24) is 15.1 Å². The first-order chi connectivity index (χ1) is 22.8. The van der Waals surface area contributed by atoms with Crippen LogP contribution in [0.15, 0.2) is 85.0 Å². The fraction of sp³-hybridized carbons (Fsp3) is 0.459. The minimum atomic E-state index is -1.45. The van der Waals surface area contributed by atoms with Crippen molar-refractivity contribution in [2.24, 2.45) is 17.8 Å². The Labute approximate surface area is 275 Å². The second-order valence-electron chi connectivity index (χ2n) is 13.0. The van der Waals surface area contributed by atoms with Gasteiger partial charge in [-0.05, 0) is 23.5 Å². The maximum atomic E-state index is 14.8. The van der Waals surface area contributed by atoms with Gasteiger partial charge in [-0.15, -0.1) is 0 Å². The molecule has 0 unspecified atom stereocenters. The Kier molecular flexibility index (Phi) is 9.61. The summed E-state index contributed by atoms with van der Waals surface area (Å²) in [7, 11) is 0. The predicted octanol–water partition coefficient (Wildman–Crippen LogP) is 3.32. The number of aliphatic hydroxyl groups is 1. The highest BCUT2D eigenvalue weighted by Crippen LogP contribution is 2.54. The van der Waals surface area contributed by atoms with Crippen molar-refractivity contribution < 1.29 is 33.8 Å². The summed E-state index contributed by atoms with van der Waals surface area (Å²) in [5.41, 5.74) is 0.242. The first-order valence-electron chi connectivity index (χ1n) is 16.6.